The van der Waals surface area contributed by atoms with Crippen LogP contribution in [0.25, 0.3) is 10.9 Å². The van der Waals surface area contributed by atoms with Crippen molar-refractivity contribution in [1.29, 1.82) is 0 Å². The van der Waals surface area contributed by atoms with E-state index in [9.17, 15) is 18.0 Å². The van der Waals surface area contributed by atoms with Crippen molar-refractivity contribution in [3.05, 3.63) is 65.9 Å². The van der Waals surface area contributed by atoms with Gasteiger partial charge >= 0.3 is 5.97 Å². The van der Waals surface area contributed by atoms with Crippen LogP contribution < -0.4 is 10.0 Å². The Kier molecular flexibility index (Phi) is 6.21. The first kappa shape index (κ1) is 23.0. The number of anilines is 1. The lowest BCUT2D eigenvalue weighted by molar-refractivity contribution is -0.119. The number of pyridine rings is 1. The summed E-state index contributed by atoms with van der Waals surface area (Å²) in [4.78, 5) is 34.0. The van der Waals surface area contributed by atoms with E-state index in [1.807, 2.05) is 18.2 Å². The van der Waals surface area contributed by atoms with Crippen molar-refractivity contribution in [3.63, 3.8) is 0 Å². The van der Waals surface area contributed by atoms with Crippen LogP contribution in [0.4, 0.5) is 5.69 Å². The number of nitrogens with one attached hydrogen (secondary N) is 2. The maximum Gasteiger partial charge on any atom is 0.339 e. The molecule has 0 bridgehead atoms. The van der Waals surface area contributed by atoms with Gasteiger partial charge in [0.15, 0.2) is 6.61 Å². The van der Waals surface area contributed by atoms with E-state index < -0.39 is 28.5 Å². The van der Waals surface area contributed by atoms with Gasteiger partial charge in [0, 0.05) is 35.7 Å². The van der Waals surface area contributed by atoms with Crippen LogP contribution in [0.15, 0.2) is 64.5 Å². The minimum atomic E-state index is -3.81. The van der Waals surface area contributed by atoms with Crippen LogP contribution in [-0.2, 0) is 19.6 Å². The van der Waals surface area contributed by atoms with Gasteiger partial charge in [0.2, 0.25) is 0 Å². The molecule has 1 aliphatic carbocycles. The highest BCUT2D eigenvalue weighted by Gasteiger charge is 2.27. The molecule has 10 heteroatoms. The fraction of sp³-hybridized carbons (Fsp3) is 0.280. The molecule has 3 aromatic rings. The van der Waals surface area contributed by atoms with Crippen LogP contribution in [0.2, 0.25) is 0 Å². The first-order valence-electron chi connectivity index (χ1n) is 11.4. The Morgan fingerprint density at radius 3 is 2.66 bits per heavy atom. The van der Waals surface area contributed by atoms with Crippen LogP contribution in [0, 0.1) is 0 Å². The lowest BCUT2D eigenvalue weighted by Crippen LogP contribution is -2.29. The molecule has 1 aromatic heterocycles. The van der Waals surface area contributed by atoms with Crippen LogP contribution in [0.5, 0.6) is 0 Å². The Bertz CT molecular complexity index is 1450. The second kappa shape index (κ2) is 9.46. The molecule has 2 aromatic carbocycles. The monoisotopic (exact) mass is 492 g/mol. The number of para-hydroxylation sites is 1. The van der Waals surface area contributed by atoms with Crippen LogP contribution >= 0.6 is 0 Å². The predicted octanol–water partition coefficient (Wildman–Crippen LogP) is 3.38. The van der Waals surface area contributed by atoms with Crippen LogP contribution in [0.3, 0.4) is 0 Å². The largest absolute Gasteiger partial charge is 0.452 e. The summed E-state index contributed by atoms with van der Waals surface area (Å²) in [7, 11) is -3.81. The summed E-state index contributed by atoms with van der Waals surface area (Å²) < 4.78 is 33.0. The summed E-state index contributed by atoms with van der Waals surface area (Å²) in [6.45, 7) is 0.0874. The molecule has 2 N–H and O–H groups in total. The quantitative estimate of drug-likeness (QED) is 0.487. The van der Waals surface area contributed by atoms with E-state index in [0.29, 0.717) is 41.2 Å². The number of esters is 1. The topological polar surface area (TPSA) is 127 Å². The Balaban J connectivity index is 1.25. The molecule has 1 amide bonds. The van der Waals surface area contributed by atoms with E-state index in [1.165, 1.54) is 18.2 Å². The highest BCUT2D eigenvalue weighted by atomic mass is 32.2. The zero-order chi connectivity index (χ0) is 24.4. The number of nitrogens with zero attached hydrogens (tertiary/aromatic N) is 2. The number of aromatic nitrogens is 1. The molecule has 0 saturated heterocycles. The second-order valence-electron chi connectivity index (χ2n) is 8.58. The smallest absolute Gasteiger partial charge is 0.339 e. The maximum atomic E-state index is 12.8. The van der Waals surface area contributed by atoms with Crippen LogP contribution in [-0.4, -0.2) is 44.3 Å². The lowest BCUT2D eigenvalue weighted by Gasteiger charge is -2.11. The molecule has 0 spiro atoms. The molecule has 5 rings (SSSR count). The number of rotatable bonds is 7. The summed E-state index contributed by atoms with van der Waals surface area (Å²) >= 11 is 0. The van der Waals surface area contributed by atoms with Gasteiger partial charge in [0.25, 0.3) is 15.9 Å². The van der Waals surface area contributed by atoms with Gasteiger partial charge in [-0.05, 0) is 49.6 Å². The fourth-order valence-electron chi connectivity index (χ4n) is 3.94. The number of carbonyl (C=O) groups excluding carboxylic acids is 2. The molecule has 35 heavy (non-hydrogen) atoms. The first-order chi connectivity index (χ1) is 16.9. The summed E-state index contributed by atoms with van der Waals surface area (Å²) in [5.74, 6) is -0.409. The number of carbonyl (C=O) groups is 2. The van der Waals surface area contributed by atoms with Gasteiger partial charge in [0.05, 0.1) is 16.0 Å². The number of benzene rings is 2. The molecule has 2 aliphatic rings. The van der Waals surface area contributed by atoms with Gasteiger partial charge in [-0.15, -0.1) is 0 Å². The zero-order valence-electron chi connectivity index (χ0n) is 18.9. The van der Waals surface area contributed by atoms with Gasteiger partial charge in [-0.3, -0.25) is 19.5 Å². The third-order valence-electron chi connectivity index (χ3n) is 5.84. The van der Waals surface area contributed by atoms with Crippen LogP contribution in [0.1, 0.15) is 47.7 Å². The number of amidine groups is 1. The SMILES string of the molecule is O=C(COC(=O)c1cc(C2CC2)nc2ccccc12)Nc1cccc(S(=O)(=O)NC2=NCCC2)c1. The number of aliphatic imine (C=N–C) groups is 1. The number of sulfonamides is 1. The Morgan fingerprint density at radius 2 is 1.89 bits per heavy atom. The Labute approximate surface area is 202 Å². The fourth-order valence-corrected chi connectivity index (χ4v) is 5.07. The molecule has 9 nitrogen and oxygen atoms in total. The number of hydrogen-bond donors (Lipinski definition) is 2. The summed E-state index contributed by atoms with van der Waals surface area (Å²) in [5.41, 5.74) is 2.21. The van der Waals surface area contributed by atoms with Crippen molar-refractivity contribution in [1.82, 2.24) is 9.71 Å². The summed E-state index contributed by atoms with van der Waals surface area (Å²) in [6, 6.07) is 14.9. The predicted molar refractivity (Wildman–Crippen MR) is 131 cm³/mol. The molecule has 180 valence electrons. The third-order valence-corrected chi connectivity index (χ3v) is 7.22. The molecule has 1 aliphatic heterocycles. The Hall–Kier alpha value is -3.79. The van der Waals surface area contributed by atoms with Gasteiger partial charge in [-0.2, -0.15) is 0 Å². The van der Waals surface area contributed by atoms with Crippen molar-refractivity contribution >= 4 is 44.3 Å². The number of ether oxygens (including phenoxy) is 1. The number of hydrogen-bond acceptors (Lipinski definition) is 7. The molecule has 2 heterocycles. The summed E-state index contributed by atoms with van der Waals surface area (Å²) in [6.07, 6.45) is 3.47. The highest BCUT2D eigenvalue weighted by molar-refractivity contribution is 7.90. The van der Waals surface area contributed by atoms with Gasteiger partial charge in [0.1, 0.15) is 5.84 Å². The average molecular weight is 493 g/mol. The standard InChI is InChI=1S/C25H24N4O5S/c30-24(27-17-5-3-6-18(13-17)35(32,33)29-23-9-4-12-26-23)15-34-25(31)20-14-22(16-10-11-16)28-21-8-2-1-7-19(20)21/h1-3,5-8,13-14,16H,4,9-12,15H2,(H,26,29)(H,27,30). The molecule has 1 saturated carbocycles. The molecule has 0 atom stereocenters. The molecule has 0 radical (unpaired) electrons. The molecule has 0 unspecified atom stereocenters. The van der Waals surface area contributed by atoms with E-state index in [2.05, 4.69) is 20.0 Å². The molecular weight excluding hydrogens is 468 g/mol. The minimum absolute atomic E-state index is 0.00208. The van der Waals surface area contributed by atoms with Crippen molar-refractivity contribution in [2.24, 2.45) is 4.99 Å². The molecular formula is C25H24N4O5S. The Morgan fingerprint density at radius 1 is 1.06 bits per heavy atom. The second-order valence-corrected chi connectivity index (χ2v) is 10.3. The lowest BCUT2D eigenvalue weighted by atomic mass is 10.1. The van der Waals surface area contributed by atoms with Crippen molar-refractivity contribution in [3.8, 4) is 0 Å². The maximum absolute atomic E-state index is 12.8. The number of amides is 1. The minimum Gasteiger partial charge on any atom is -0.452 e. The zero-order valence-corrected chi connectivity index (χ0v) is 19.7. The van der Waals surface area contributed by atoms with E-state index in [0.717, 1.165) is 25.0 Å². The van der Waals surface area contributed by atoms with Gasteiger partial charge in [-0.1, -0.05) is 24.3 Å². The van der Waals surface area contributed by atoms with Crippen molar-refractivity contribution in [2.45, 2.75) is 36.5 Å². The number of fused-ring (bicyclic) bond motifs is 1. The van der Waals surface area contributed by atoms with Crippen molar-refractivity contribution < 1.29 is 22.7 Å². The van der Waals surface area contributed by atoms with E-state index in [4.69, 9.17) is 4.74 Å². The van der Waals surface area contributed by atoms with E-state index in [1.54, 1.807) is 18.2 Å². The van der Waals surface area contributed by atoms with E-state index >= 15 is 0 Å². The normalized spacial score (nSPS) is 15.5. The first-order valence-corrected chi connectivity index (χ1v) is 12.9. The van der Waals surface area contributed by atoms with Crippen molar-refractivity contribution in [2.75, 3.05) is 18.5 Å². The highest BCUT2D eigenvalue weighted by Crippen LogP contribution is 2.40. The van der Waals surface area contributed by atoms with Gasteiger partial charge in [-0.25, -0.2) is 13.2 Å². The third kappa shape index (κ3) is 5.32. The average Bonchev–Trinajstić information content (AvgIpc) is 3.59. The van der Waals surface area contributed by atoms with E-state index in [-0.39, 0.29) is 10.6 Å². The summed E-state index contributed by atoms with van der Waals surface area (Å²) in [5, 5.41) is 3.25. The van der Waals surface area contributed by atoms with Gasteiger partial charge < -0.3 is 10.1 Å². The molecule has 1 fully saturated rings.